The van der Waals surface area contributed by atoms with Crippen LogP contribution < -0.4 is 0 Å². The van der Waals surface area contributed by atoms with Crippen LogP contribution in [0.15, 0.2) is 42.5 Å². The van der Waals surface area contributed by atoms with Crippen molar-refractivity contribution in [3.05, 3.63) is 48.0 Å². The Kier molecular flexibility index (Phi) is 6.32. The molecule has 2 rings (SSSR count). The van der Waals surface area contributed by atoms with Crippen molar-refractivity contribution in [3.63, 3.8) is 0 Å². The number of aryl methyl sites for hydroxylation is 1. The standard InChI is InChI=1S/C19H28O/c1-16(19(20)18-14-6-3-7-15-18)10-8-9-13-17-11-4-2-5-12-17/h2,4-5,8,10-12,16,18-20H,3,6-7,9,13-15H2,1H3/b10-8+/t16-,19+/m0/s1. The average Bonchev–Trinajstić information content (AvgIpc) is 2.52. The van der Waals surface area contributed by atoms with Crippen molar-refractivity contribution in [1.29, 1.82) is 0 Å². The van der Waals surface area contributed by atoms with Gasteiger partial charge in [-0.1, -0.05) is 68.7 Å². The lowest BCUT2D eigenvalue weighted by atomic mass is 9.81. The number of aliphatic hydroxyl groups excluding tert-OH is 1. The predicted molar refractivity (Wildman–Crippen MR) is 85.6 cm³/mol. The highest BCUT2D eigenvalue weighted by Gasteiger charge is 2.24. The van der Waals surface area contributed by atoms with E-state index in [1.54, 1.807) is 0 Å². The summed E-state index contributed by atoms with van der Waals surface area (Å²) in [6, 6.07) is 10.6. The second kappa shape index (κ2) is 8.26. The van der Waals surface area contributed by atoms with Gasteiger partial charge in [0.05, 0.1) is 6.10 Å². The predicted octanol–water partition coefficient (Wildman–Crippen LogP) is 4.75. The zero-order valence-electron chi connectivity index (χ0n) is 12.7. The second-order valence-corrected chi connectivity index (χ2v) is 6.20. The summed E-state index contributed by atoms with van der Waals surface area (Å²) in [5.41, 5.74) is 1.39. The Morgan fingerprint density at radius 3 is 2.55 bits per heavy atom. The number of hydrogen-bond acceptors (Lipinski definition) is 1. The molecule has 0 aliphatic heterocycles. The summed E-state index contributed by atoms with van der Waals surface area (Å²) < 4.78 is 0. The van der Waals surface area contributed by atoms with Gasteiger partial charge in [-0.3, -0.25) is 0 Å². The molecule has 0 bridgehead atoms. The second-order valence-electron chi connectivity index (χ2n) is 6.20. The normalized spacial score (nSPS) is 20.1. The van der Waals surface area contributed by atoms with Gasteiger partial charge in [-0.05, 0) is 37.2 Å². The topological polar surface area (TPSA) is 20.2 Å². The van der Waals surface area contributed by atoms with Crippen LogP contribution in [0.25, 0.3) is 0 Å². The van der Waals surface area contributed by atoms with E-state index in [4.69, 9.17) is 0 Å². The van der Waals surface area contributed by atoms with Crippen molar-refractivity contribution < 1.29 is 5.11 Å². The molecule has 20 heavy (non-hydrogen) atoms. The molecule has 0 spiro atoms. The van der Waals surface area contributed by atoms with Crippen LogP contribution in [0.3, 0.4) is 0 Å². The van der Waals surface area contributed by atoms with E-state index in [1.165, 1.54) is 37.7 Å². The van der Waals surface area contributed by atoms with E-state index in [0.717, 1.165) is 12.8 Å². The highest BCUT2D eigenvalue weighted by Crippen LogP contribution is 2.29. The molecule has 0 heterocycles. The van der Waals surface area contributed by atoms with Crippen LogP contribution in [0.4, 0.5) is 0 Å². The fraction of sp³-hybridized carbons (Fsp3) is 0.579. The van der Waals surface area contributed by atoms with Crippen LogP contribution in [-0.4, -0.2) is 11.2 Å². The SMILES string of the molecule is C[C@@H](/C=C/CCc1ccccc1)[C@@H](O)C1CCCCC1. The lowest BCUT2D eigenvalue weighted by molar-refractivity contribution is 0.0556. The Labute approximate surface area is 123 Å². The Balaban J connectivity index is 1.72. The molecule has 1 N–H and O–H groups in total. The van der Waals surface area contributed by atoms with Crippen molar-refractivity contribution in [3.8, 4) is 0 Å². The largest absolute Gasteiger partial charge is 0.392 e. The van der Waals surface area contributed by atoms with Crippen molar-refractivity contribution in [2.45, 2.75) is 58.0 Å². The number of hydrogen-bond donors (Lipinski definition) is 1. The highest BCUT2D eigenvalue weighted by molar-refractivity contribution is 5.15. The molecule has 1 aromatic carbocycles. The summed E-state index contributed by atoms with van der Waals surface area (Å²) >= 11 is 0. The van der Waals surface area contributed by atoms with E-state index in [1.807, 2.05) is 0 Å². The number of rotatable bonds is 6. The monoisotopic (exact) mass is 272 g/mol. The summed E-state index contributed by atoms with van der Waals surface area (Å²) in [6.45, 7) is 2.15. The average molecular weight is 272 g/mol. The minimum atomic E-state index is -0.150. The molecule has 1 heteroatoms. The first kappa shape index (κ1) is 15.3. The number of allylic oxidation sites excluding steroid dienone is 1. The lowest BCUT2D eigenvalue weighted by Crippen LogP contribution is -2.28. The van der Waals surface area contributed by atoms with Gasteiger partial charge in [0, 0.05) is 5.92 Å². The van der Waals surface area contributed by atoms with Crippen molar-refractivity contribution in [2.24, 2.45) is 11.8 Å². The van der Waals surface area contributed by atoms with Crippen LogP contribution in [0.5, 0.6) is 0 Å². The summed E-state index contributed by atoms with van der Waals surface area (Å²) in [4.78, 5) is 0. The van der Waals surface area contributed by atoms with Gasteiger partial charge in [-0.15, -0.1) is 0 Å². The van der Waals surface area contributed by atoms with E-state index in [-0.39, 0.29) is 12.0 Å². The molecule has 0 radical (unpaired) electrons. The van der Waals surface area contributed by atoms with Crippen molar-refractivity contribution >= 4 is 0 Å². The molecule has 0 amide bonds. The maximum Gasteiger partial charge on any atom is 0.0628 e. The summed E-state index contributed by atoms with van der Waals surface area (Å²) in [6.07, 6.45) is 12.8. The maximum atomic E-state index is 10.4. The number of benzene rings is 1. The minimum Gasteiger partial charge on any atom is -0.392 e. The van der Waals surface area contributed by atoms with Crippen LogP contribution in [0.2, 0.25) is 0 Å². The molecule has 0 saturated heterocycles. The van der Waals surface area contributed by atoms with Gasteiger partial charge >= 0.3 is 0 Å². The zero-order valence-corrected chi connectivity index (χ0v) is 12.7. The minimum absolute atomic E-state index is 0.150. The Morgan fingerprint density at radius 2 is 1.85 bits per heavy atom. The van der Waals surface area contributed by atoms with Gasteiger partial charge in [0.2, 0.25) is 0 Å². The Bertz CT molecular complexity index is 389. The molecule has 1 aromatic rings. The molecule has 2 atom stereocenters. The summed E-state index contributed by atoms with van der Waals surface area (Å²) in [7, 11) is 0. The highest BCUT2D eigenvalue weighted by atomic mass is 16.3. The zero-order chi connectivity index (χ0) is 14.2. The van der Waals surface area contributed by atoms with E-state index in [9.17, 15) is 5.11 Å². The third kappa shape index (κ3) is 4.79. The molecular weight excluding hydrogens is 244 g/mol. The van der Waals surface area contributed by atoms with Crippen LogP contribution in [-0.2, 0) is 6.42 Å². The quantitative estimate of drug-likeness (QED) is 0.741. The third-order valence-electron chi connectivity index (χ3n) is 4.55. The molecule has 0 unspecified atom stereocenters. The molecule has 1 fully saturated rings. The van der Waals surface area contributed by atoms with Crippen LogP contribution >= 0.6 is 0 Å². The van der Waals surface area contributed by atoms with E-state index in [2.05, 4.69) is 49.4 Å². The van der Waals surface area contributed by atoms with E-state index >= 15 is 0 Å². The molecule has 1 nitrogen and oxygen atoms in total. The van der Waals surface area contributed by atoms with Gasteiger partial charge in [-0.2, -0.15) is 0 Å². The Morgan fingerprint density at radius 1 is 1.15 bits per heavy atom. The summed E-state index contributed by atoms with van der Waals surface area (Å²) in [5, 5.41) is 10.4. The number of aliphatic hydroxyl groups is 1. The van der Waals surface area contributed by atoms with Gasteiger partial charge in [-0.25, -0.2) is 0 Å². The van der Waals surface area contributed by atoms with Crippen molar-refractivity contribution in [1.82, 2.24) is 0 Å². The van der Waals surface area contributed by atoms with Gasteiger partial charge < -0.3 is 5.11 Å². The lowest BCUT2D eigenvalue weighted by Gasteiger charge is -2.29. The van der Waals surface area contributed by atoms with Gasteiger partial charge in [0.15, 0.2) is 0 Å². The van der Waals surface area contributed by atoms with Crippen LogP contribution in [0, 0.1) is 11.8 Å². The maximum absolute atomic E-state index is 10.4. The first-order valence-electron chi connectivity index (χ1n) is 8.16. The van der Waals surface area contributed by atoms with E-state index < -0.39 is 0 Å². The smallest absolute Gasteiger partial charge is 0.0628 e. The van der Waals surface area contributed by atoms with Gasteiger partial charge in [0.25, 0.3) is 0 Å². The molecule has 1 aliphatic rings. The summed E-state index contributed by atoms with van der Waals surface area (Å²) in [5.74, 6) is 0.811. The fourth-order valence-corrected chi connectivity index (χ4v) is 3.22. The Hall–Kier alpha value is -1.08. The molecule has 1 aliphatic carbocycles. The van der Waals surface area contributed by atoms with Crippen LogP contribution in [0.1, 0.15) is 51.0 Å². The third-order valence-corrected chi connectivity index (χ3v) is 4.55. The van der Waals surface area contributed by atoms with E-state index in [0.29, 0.717) is 5.92 Å². The van der Waals surface area contributed by atoms with Gasteiger partial charge in [0.1, 0.15) is 0 Å². The first-order valence-corrected chi connectivity index (χ1v) is 8.16. The van der Waals surface area contributed by atoms with Crippen molar-refractivity contribution in [2.75, 3.05) is 0 Å². The fourth-order valence-electron chi connectivity index (χ4n) is 3.22. The molecular formula is C19H28O. The molecule has 0 aromatic heterocycles. The molecule has 1 saturated carbocycles. The first-order chi connectivity index (χ1) is 9.77. The molecule has 110 valence electrons.